The monoisotopic (exact) mass is 483 g/mol. The Labute approximate surface area is 214 Å². The normalized spacial score (nSPS) is 14.1. The molecular formula is C31H37N3O2. The smallest absolute Gasteiger partial charge is 0.322 e. The first-order valence-electron chi connectivity index (χ1n) is 13.0. The van der Waals surface area contributed by atoms with Crippen molar-refractivity contribution in [2.24, 2.45) is 0 Å². The highest BCUT2D eigenvalue weighted by Crippen LogP contribution is 2.27. The minimum atomic E-state index is -0.142. The number of amides is 3. The molecule has 0 atom stereocenters. The van der Waals surface area contributed by atoms with Crippen molar-refractivity contribution in [2.75, 3.05) is 10.6 Å². The molecule has 188 valence electrons. The minimum absolute atomic E-state index is 0.0529. The Morgan fingerprint density at radius 1 is 0.806 bits per heavy atom. The summed E-state index contributed by atoms with van der Waals surface area (Å²) in [6.07, 6.45) is 6.81. The third-order valence-corrected chi connectivity index (χ3v) is 7.04. The fraction of sp³-hybridized carbons (Fsp3) is 0.355. The maximum atomic E-state index is 13.6. The lowest BCUT2D eigenvalue weighted by Crippen LogP contribution is -2.42. The molecule has 0 unspecified atom stereocenters. The quantitative estimate of drug-likeness (QED) is 0.354. The van der Waals surface area contributed by atoms with Gasteiger partial charge in [0.15, 0.2) is 0 Å². The molecule has 0 saturated heterocycles. The van der Waals surface area contributed by atoms with Crippen LogP contribution < -0.4 is 10.6 Å². The Morgan fingerprint density at radius 3 is 2.03 bits per heavy atom. The number of carbonyl (C=O) groups excluding carboxylic acids is 2. The molecule has 0 aliphatic heterocycles. The Morgan fingerprint density at radius 2 is 1.42 bits per heavy atom. The van der Waals surface area contributed by atoms with Crippen molar-refractivity contribution in [1.29, 1.82) is 0 Å². The molecule has 3 aromatic rings. The van der Waals surface area contributed by atoms with Crippen molar-refractivity contribution in [2.45, 2.75) is 71.9 Å². The van der Waals surface area contributed by atoms with Crippen LogP contribution >= 0.6 is 0 Å². The van der Waals surface area contributed by atoms with E-state index in [9.17, 15) is 9.59 Å². The Kier molecular flexibility index (Phi) is 8.42. The number of rotatable bonds is 6. The maximum absolute atomic E-state index is 13.6. The number of hydrogen-bond donors (Lipinski definition) is 2. The van der Waals surface area contributed by atoms with Gasteiger partial charge in [-0.2, -0.15) is 0 Å². The maximum Gasteiger partial charge on any atom is 0.322 e. The van der Waals surface area contributed by atoms with Gasteiger partial charge in [0.05, 0.1) is 0 Å². The number of urea groups is 1. The Bertz CT molecular complexity index is 1160. The van der Waals surface area contributed by atoms with E-state index in [4.69, 9.17) is 0 Å². The van der Waals surface area contributed by atoms with Gasteiger partial charge in [0.1, 0.15) is 0 Å². The van der Waals surface area contributed by atoms with Crippen LogP contribution in [0, 0.1) is 20.8 Å². The fourth-order valence-corrected chi connectivity index (χ4v) is 5.18. The zero-order chi connectivity index (χ0) is 25.5. The summed E-state index contributed by atoms with van der Waals surface area (Å²) in [5.41, 5.74) is 6.63. The number of carbonyl (C=O) groups is 2. The van der Waals surface area contributed by atoms with E-state index in [1.165, 1.54) is 18.4 Å². The lowest BCUT2D eigenvalue weighted by Gasteiger charge is -2.32. The van der Waals surface area contributed by atoms with Gasteiger partial charge in [-0.05, 0) is 74.6 Å². The second kappa shape index (κ2) is 11.9. The van der Waals surface area contributed by atoms with Gasteiger partial charge in [-0.25, -0.2) is 4.79 Å². The lowest BCUT2D eigenvalue weighted by molar-refractivity contribution is 0.102. The summed E-state index contributed by atoms with van der Waals surface area (Å²) in [5.74, 6) is -0.142. The first kappa shape index (κ1) is 25.5. The molecule has 2 N–H and O–H groups in total. The van der Waals surface area contributed by atoms with Gasteiger partial charge in [0, 0.05) is 29.5 Å². The first-order chi connectivity index (χ1) is 17.4. The van der Waals surface area contributed by atoms with Gasteiger partial charge in [0.25, 0.3) is 5.91 Å². The highest BCUT2D eigenvalue weighted by molar-refractivity contribution is 6.04. The van der Waals surface area contributed by atoms with Crippen LogP contribution in [0.2, 0.25) is 0 Å². The number of hydrogen-bond acceptors (Lipinski definition) is 2. The SMILES string of the molecule is Cc1cc(C)c(NC(=O)N(Cc2ccc(C(=O)Nc3ccccc3)cc2)C2CCCCCC2)c(C)c1. The highest BCUT2D eigenvalue weighted by Gasteiger charge is 2.26. The lowest BCUT2D eigenvalue weighted by atomic mass is 10.0. The van der Waals surface area contributed by atoms with Gasteiger partial charge in [-0.1, -0.05) is 73.7 Å². The van der Waals surface area contributed by atoms with Crippen LogP contribution in [-0.4, -0.2) is 22.9 Å². The molecule has 0 radical (unpaired) electrons. The average Bonchev–Trinajstić information content (AvgIpc) is 3.15. The van der Waals surface area contributed by atoms with E-state index in [0.717, 1.165) is 53.7 Å². The van der Waals surface area contributed by atoms with Crippen molar-refractivity contribution >= 4 is 23.3 Å². The minimum Gasteiger partial charge on any atom is -0.322 e. The van der Waals surface area contributed by atoms with E-state index in [1.54, 1.807) is 0 Å². The van der Waals surface area contributed by atoms with Crippen LogP contribution in [0.4, 0.5) is 16.2 Å². The highest BCUT2D eigenvalue weighted by atomic mass is 16.2. The first-order valence-corrected chi connectivity index (χ1v) is 13.0. The molecule has 0 heterocycles. The summed E-state index contributed by atoms with van der Waals surface area (Å²) in [6, 6.07) is 21.4. The van der Waals surface area contributed by atoms with Crippen molar-refractivity contribution < 1.29 is 9.59 Å². The zero-order valence-corrected chi connectivity index (χ0v) is 21.6. The zero-order valence-electron chi connectivity index (χ0n) is 21.6. The molecule has 36 heavy (non-hydrogen) atoms. The van der Waals surface area contributed by atoms with Gasteiger partial charge >= 0.3 is 6.03 Å². The van der Waals surface area contributed by atoms with Crippen LogP contribution in [0.1, 0.15) is 71.1 Å². The molecule has 3 amide bonds. The predicted molar refractivity (Wildman–Crippen MR) is 148 cm³/mol. The summed E-state index contributed by atoms with van der Waals surface area (Å²) in [7, 11) is 0. The largest absolute Gasteiger partial charge is 0.322 e. The predicted octanol–water partition coefficient (Wildman–Crippen LogP) is 7.62. The summed E-state index contributed by atoms with van der Waals surface area (Å²) < 4.78 is 0. The third kappa shape index (κ3) is 6.54. The summed E-state index contributed by atoms with van der Waals surface area (Å²) >= 11 is 0. The Balaban J connectivity index is 1.51. The number of nitrogens with one attached hydrogen (secondary N) is 2. The molecule has 5 heteroatoms. The number of nitrogens with zero attached hydrogens (tertiary/aromatic N) is 1. The number of aryl methyl sites for hydroxylation is 3. The van der Waals surface area contributed by atoms with E-state index >= 15 is 0 Å². The summed E-state index contributed by atoms with van der Waals surface area (Å²) in [5, 5.41) is 6.15. The number of anilines is 2. The molecule has 0 bridgehead atoms. The van der Waals surface area contributed by atoms with Gasteiger partial charge in [-0.3, -0.25) is 4.79 Å². The molecule has 1 fully saturated rings. The van der Waals surface area contributed by atoms with E-state index in [0.29, 0.717) is 12.1 Å². The molecular weight excluding hydrogens is 446 g/mol. The van der Waals surface area contributed by atoms with Crippen molar-refractivity contribution in [1.82, 2.24) is 4.90 Å². The molecule has 1 aliphatic carbocycles. The topological polar surface area (TPSA) is 61.4 Å². The number of para-hydroxylation sites is 1. The molecule has 0 spiro atoms. The van der Waals surface area contributed by atoms with Crippen LogP contribution in [0.15, 0.2) is 66.7 Å². The van der Waals surface area contributed by atoms with Crippen molar-refractivity contribution in [3.63, 3.8) is 0 Å². The molecule has 5 nitrogen and oxygen atoms in total. The van der Waals surface area contributed by atoms with Crippen LogP contribution in [0.3, 0.4) is 0 Å². The second-order valence-corrected chi connectivity index (χ2v) is 9.99. The van der Waals surface area contributed by atoms with Crippen LogP contribution in [-0.2, 0) is 6.54 Å². The van der Waals surface area contributed by atoms with Gasteiger partial charge in [0.2, 0.25) is 0 Å². The molecule has 4 rings (SSSR count). The van der Waals surface area contributed by atoms with E-state index in [2.05, 4.69) is 29.7 Å². The van der Waals surface area contributed by atoms with E-state index in [1.807, 2.05) is 73.3 Å². The molecule has 1 saturated carbocycles. The summed E-state index contributed by atoms with van der Waals surface area (Å²) in [6.45, 7) is 6.68. The van der Waals surface area contributed by atoms with Crippen LogP contribution in [0.5, 0.6) is 0 Å². The second-order valence-electron chi connectivity index (χ2n) is 9.99. The molecule has 0 aromatic heterocycles. The van der Waals surface area contributed by atoms with Gasteiger partial charge in [-0.15, -0.1) is 0 Å². The molecule has 1 aliphatic rings. The van der Waals surface area contributed by atoms with Crippen molar-refractivity contribution in [3.8, 4) is 0 Å². The average molecular weight is 484 g/mol. The number of benzene rings is 3. The van der Waals surface area contributed by atoms with Gasteiger partial charge < -0.3 is 15.5 Å². The standard InChI is InChI=1S/C31H37N3O2/c1-22-19-23(2)29(24(3)20-22)33-31(36)34(28-13-9-4-5-10-14-28)21-25-15-17-26(18-16-25)30(35)32-27-11-7-6-8-12-27/h6-8,11-12,15-20,28H,4-5,9-10,13-14,21H2,1-3H3,(H,32,35)(H,33,36). The van der Waals surface area contributed by atoms with Crippen LogP contribution in [0.25, 0.3) is 0 Å². The van der Waals surface area contributed by atoms with E-state index < -0.39 is 0 Å². The molecule has 3 aromatic carbocycles. The Hall–Kier alpha value is -3.60. The van der Waals surface area contributed by atoms with Crippen molar-refractivity contribution in [3.05, 3.63) is 94.5 Å². The van der Waals surface area contributed by atoms with E-state index in [-0.39, 0.29) is 18.0 Å². The third-order valence-electron chi connectivity index (χ3n) is 7.04. The fourth-order valence-electron chi connectivity index (χ4n) is 5.18. The summed E-state index contributed by atoms with van der Waals surface area (Å²) in [4.78, 5) is 28.3.